The van der Waals surface area contributed by atoms with Gasteiger partial charge in [-0.15, -0.1) is 0 Å². The van der Waals surface area contributed by atoms with Crippen LogP contribution in [0.25, 0.3) is 0 Å². The molecule has 4 aliphatic rings. The first-order valence-corrected chi connectivity index (χ1v) is 10.4. The van der Waals surface area contributed by atoms with E-state index in [0.29, 0.717) is 6.42 Å². The molecule has 9 heteroatoms. The number of esters is 4. The molecular formula is C21H26O9. The Morgan fingerprint density at radius 2 is 1.87 bits per heavy atom. The summed E-state index contributed by atoms with van der Waals surface area (Å²) in [6, 6.07) is 0. The van der Waals surface area contributed by atoms with Gasteiger partial charge < -0.3 is 23.7 Å². The van der Waals surface area contributed by atoms with Crippen molar-refractivity contribution in [3.63, 3.8) is 0 Å². The Hall–Kier alpha value is -2.42. The van der Waals surface area contributed by atoms with Crippen molar-refractivity contribution in [2.75, 3.05) is 6.61 Å². The van der Waals surface area contributed by atoms with Gasteiger partial charge in [0, 0.05) is 5.57 Å². The van der Waals surface area contributed by atoms with Crippen LogP contribution >= 0.6 is 0 Å². The van der Waals surface area contributed by atoms with E-state index in [2.05, 4.69) is 6.58 Å². The minimum Gasteiger partial charge on any atom is -0.459 e. The Morgan fingerprint density at radius 1 is 1.17 bits per heavy atom. The molecule has 6 unspecified atom stereocenters. The molecule has 0 aromatic rings. The van der Waals surface area contributed by atoms with Gasteiger partial charge in [0.2, 0.25) is 0 Å². The van der Waals surface area contributed by atoms with E-state index < -0.39 is 72.3 Å². The van der Waals surface area contributed by atoms with Crippen molar-refractivity contribution in [2.45, 2.75) is 76.0 Å². The summed E-state index contributed by atoms with van der Waals surface area (Å²) in [5.41, 5.74) is -0.359. The van der Waals surface area contributed by atoms with Crippen molar-refractivity contribution >= 4 is 23.9 Å². The minimum atomic E-state index is -0.951. The SMILES string of the molecule is C=C(C)C(=O)OCC(=O)OC1C2OC(=O)C3C2OC1C3C(=O)OC1(CC)CCCC1. The third-order valence-corrected chi connectivity index (χ3v) is 6.59. The van der Waals surface area contributed by atoms with Crippen LogP contribution in [0.2, 0.25) is 0 Å². The Bertz CT molecular complexity index is 781. The number of fused-ring (bicyclic) bond motifs is 1. The smallest absolute Gasteiger partial charge is 0.344 e. The molecule has 0 N–H and O–H groups in total. The van der Waals surface area contributed by atoms with Crippen LogP contribution in [0, 0.1) is 11.8 Å². The van der Waals surface area contributed by atoms with Crippen LogP contribution in [-0.2, 0) is 42.9 Å². The van der Waals surface area contributed by atoms with Gasteiger partial charge in [-0.3, -0.25) is 9.59 Å². The molecule has 0 radical (unpaired) electrons. The monoisotopic (exact) mass is 422 g/mol. The molecule has 6 atom stereocenters. The lowest BCUT2D eigenvalue weighted by molar-refractivity contribution is -0.175. The molecular weight excluding hydrogens is 396 g/mol. The molecule has 30 heavy (non-hydrogen) atoms. The summed E-state index contributed by atoms with van der Waals surface area (Å²) in [5, 5.41) is 0. The fraction of sp³-hybridized carbons (Fsp3) is 0.714. The quantitative estimate of drug-likeness (QED) is 0.339. The molecule has 4 fully saturated rings. The molecule has 164 valence electrons. The van der Waals surface area contributed by atoms with Crippen molar-refractivity contribution in [1.29, 1.82) is 0 Å². The van der Waals surface area contributed by atoms with Gasteiger partial charge >= 0.3 is 23.9 Å². The summed E-state index contributed by atoms with van der Waals surface area (Å²) in [5.74, 6) is -4.23. The summed E-state index contributed by atoms with van der Waals surface area (Å²) >= 11 is 0. The maximum Gasteiger partial charge on any atom is 0.344 e. The molecule has 1 saturated carbocycles. The Kier molecular flexibility index (Phi) is 5.34. The van der Waals surface area contributed by atoms with Gasteiger partial charge in [-0.05, 0) is 39.0 Å². The molecule has 0 amide bonds. The lowest BCUT2D eigenvalue weighted by Crippen LogP contribution is -2.49. The van der Waals surface area contributed by atoms with Gasteiger partial charge in [0.1, 0.15) is 29.6 Å². The molecule has 4 rings (SSSR count). The summed E-state index contributed by atoms with van der Waals surface area (Å²) in [4.78, 5) is 49.1. The summed E-state index contributed by atoms with van der Waals surface area (Å²) in [7, 11) is 0. The Balaban J connectivity index is 1.45. The van der Waals surface area contributed by atoms with E-state index in [1.165, 1.54) is 6.92 Å². The number of rotatable bonds is 7. The average Bonchev–Trinajstić information content (AvgIpc) is 3.44. The maximum absolute atomic E-state index is 13.1. The summed E-state index contributed by atoms with van der Waals surface area (Å²) < 4.78 is 27.3. The van der Waals surface area contributed by atoms with Gasteiger partial charge in [0.15, 0.2) is 18.8 Å². The van der Waals surface area contributed by atoms with Gasteiger partial charge in [0.05, 0.1) is 0 Å². The van der Waals surface area contributed by atoms with E-state index in [-0.39, 0.29) is 5.57 Å². The third-order valence-electron chi connectivity index (χ3n) is 6.59. The van der Waals surface area contributed by atoms with E-state index in [1.54, 1.807) is 0 Å². The predicted octanol–water partition coefficient (Wildman–Crippen LogP) is 1.22. The predicted molar refractivity (Wildman–Crippen MR) is 98.8 cm³/mol. The molecule has 3 saturated heterocycles. The van der Waals surface area contributed by atoms with Gasteiger partial charge in [0.25, 0.3) is 0 Å². The van der Waals surface area contributed by atoms with Crippen molar-refractivity contribution in [2.24, 2.45) is 11.8 Å². The first kappa shape index (κ1) is 20.8. The first-order valence-electron chi connectivity index (χ1n) is 10.4. The second kappa shape index (κ2) is 7.68. The van der Waals surface area contributed by atoms with E-state index in [1.807, 2.05) is 6.92 Å². The first-order chi connectivity index (χ1) is 14.3. The summed E-state index contributed by atoms with van der Waals surface area (Å²) in [6.07, 6.45) is 1.05. The zero-order chi connectivity index (χ0) is 21.6. The van der Waals surface area contributed by atoms with Crippen LogP contribution in [0.5, 0.6) is 0 Å². The van der Waals surface area contributed by atoms with E-state index in [0.717, 1.165) is 25.7 Å². The highest BCUT2D eigenvalue weighted by Crippen LogP contribution is 2.52. The van der Waals surface area contributed by atoms with Crippen LogP contribution in [-0.4, -0.2) is 60.5 Å². The normalized spacial score (nSPS) is 35.1. The average molecular weight is 422 g/mol. The van der Waals surface area contributed by atoms with Crippen LogP contribution in [0.3, 0.4) is 0 Å². The fourth-order valence-electron chi connectivity index (χ4n) is 5.00. The molecule has 0 spiro atoms. The highest BCUT2D eigenvalue weighted by Gasteiger charge is 2.72. The topological polar surface area (TPSA) is 114 Å². The van der Waals surface area contributed by atoms with Gasteiger partial charge in [-0.2, -0.15) is 0 Å². The zero-order valence-electron chi connectivity index (χ0n) is 17.1. The Labute approximate surface area is 174 Å². The molecule has 1 aliphatic carbocycles. The van der Waals surface area contributed by atoms with Crippen LogP contribution in [0.15, 0.2) is 12.2 Å². The number of ether oxygens (including phenoxy) is 5. The van der Waals surface area contributed by atoms with Crippen molar-refractivity contribution < 1.29 is 42.9 Å². The minimum absolute atomic E-state index is 0.151. The number of carbonyl (C=O) groups excluding carboxylic acids is 4. The highest BCUT2D eigenvalue weighted by molar-refractivity contribution is 5.89. The van der Waals surface area contributed by atoms with Gasteiger partial charge in [-0.1, -0.05) is 13.5 Å². The van der Waals surface area contributed by atoms with E-state index in [4.69, 9.17) is 23.7 Å². The molecule has 3 aliphatic heterocycles. The van der Waals surface area contributed by atoms with Crippen LogP contribution in [0.4, 0.5) is 0 Å². The molecule has 3 heterocycles. The zero-order valence-corrected chi connectivity index (χ0v) is 17.1. The summed E-state index contributed by atoms with van der Waals surface area (Å²) in [6.45, 7) is 6.26. The number of carbonyl (C=O) groups is 4. The lowest BCUT2D eigenvalue weighted by Gasteiger charge is -2.32. The maximum atomic E-state index is 13.1. The Morgan fingerprint density at radius 3 is 2.50 bits per heavy atom. The molecule has 9 nitrogen and oxygen atoms in total. The molecule has 2 bridgehead atoms. The van der Waals surface area contributed by atoms with Crippen molar-refractivity contribution in [3.8, 4) is 0 Å². The van der Waals surface area contributed by atoms with Crippen LogP contribution in [0.1, 0.15) is 46.0 Å². The van der Waals surface area contributed by atoms with E-state index >= 15 is 0 Å². The number of hydrogen-bond acceptors (Lipinski definition) is 9. The largest absolute Gasteiger partial charge is 0.459 e. The standard InChI is InChI=1S/C21H26O9/c1-4-21(7-5-6-8-21)30-20(25)13-12-14-17(29-19(12)24)16(15(13)28-14)27-11(22)9-26-18(23)10(2)3/h12-17H,2,4-9H2,1,3H3. The second-order valence-corrected chi connectivity index (χ2v) is 8.49. The highest BCUT2D eigenvalue weighted by atomic mass is 16.7. The van der Waals surface area contributed by atoms with Gasteiger partial charge in [-0.25, -0.2) is 9.59 Å². The molecule has 0 aromatic carbocycles. The van der Waals surface area contributed by atoms with Crippen molar-refractivity contribution in [3.05, 3.63) is 12.2 Å². The van der Waals surface area contributed by atoms with E-state index in [9.17, 15) is 19.2 Å². The molecule has 0 aromatic heterocycles. The number of hydrogen-bond donors (Lipinski definition) is 0. The fourth-order valence-corrected chi connectivity index (χ4v) is 5.00. The second-order valence-electron chi connectivity index (χ2n) is 8.49. The lowest BCUT2D eigenvalue weighted by atomic mass is 9.78. The third kappa shape index (κ3) is 3.38. The van der Waals surface area contributed by atoms with Crippen LogP contribution < -0.4 is 0 Å². The van der Waals surface area contributed by atoms with Crippen molar-refractivity contribution in [1.82, 2.24) is 0 Å².